The zero-order valence-electron chi connectivity index (χ0n) is 13.5. The SMILES string of the molecule is CC(Oc1cccc(C=Cc2ccc3ccc(Cl)cc3n2)c1)C(=O)O. The summed E-state index contributed by atoms with van der Waals surface area (Å²) in [5.74, 6) is -0.490. The number of benzene rings is 2. The number of pyridine rings is 1. The normalized spacial score (nSPS) is 12.4. The highest BCUT2D eigenvalue weighted by molar-refractivity contribution is 6.31. The van der Waals surface area contributed by atoms with Gasteiger partial charge in [0.15, 0.2) is 6.10 Å². The minimum absolute atomic E-state index is 0.510. The van der Waals surface area contributed by atoms with Crippen molar-refractivity contribution < 1.29 is 14.6 Å². The van der Waals surface area contributed by atoms with Crippen LogP contribution < -0.4 is 4.74 Å². The number of ether oxygens (including phenoxy) is 1. The Hall–Kier alpha value is -2.85. The maximum atomic E-state index is 10.9. The first-order valence-electron chi connectivity index (χ1n) is 7.75. The third-order valence-corrected chi connectivity index (χ3v) is 3.88. The maximum absolute atomic E-state index is 10.9. The minimum atomic E-state index is -1.00. The van der Waals surface area contributed by atoms with Crippen molar-refractivity contribution in [1.29, 1.82) is 0 Å². The second-order valence-corrected chi connectivity index (χ2v) is 6.01. The molecule has 0 aliphatic heterocycles. The van der Waals surface area contributed by atoms with E-state index in [9.17, 15) is 4.79 Å². The zero-order chi connectivity index (χ0) is 17.8. The number of carboxylic acids is 1. The molecule has 0 spiro atoms. The van der Waals surface area contributed by atoms with E-state index in [1.807, 2.05) is 54.6 Å². The second-order valence-electron chi connectivity index (χ2n) is 5.58. The third kappa shape index (κ3) is 4.37. The molecule has 0 saturated carbocycles. The predicted octanol–water partition coefficient (Wildman–Crippen LogP) is 4.91. The summed E-state index contributed by atoms with van der Waals surface area (Å²) in [5.41, 5.74) is 2.53. The van der Waals surface area contributed by atoms with Gasteiger partial charge in [-0.2, -0.15) is 0 Å². The van der Waals surface area contributed by atoms with E-state index in [0.717, 1.165) is 22.2 Å². The van der Waals surface area contributed by atoms with Crippen LogP contribution in [0.5, 0.6) is 5.75 Å². The number of rotatable bonds is 5. The van der Waals surface area contributed by atoms with Gasteiger partial charge in [0.2, 0.25) is 0 Å². The summed E-state index contributed by atoms with van der Waals surface area (Å²) in [7, 11) is 0. The van der Waals surface area contributed by atoms with Crippen molar-refractivity contribution in [2.24, 2.45) is 0 Å². The van der Waals surface area contributed by atoms with Crippen molar-refractivity contribution in [3.05, 3.63) is 70.9 Å². The van der Waals surface area contributed by atoms with E-state index < -0.39 is 12.1 Å². The molecular weight excluding hydrogens is 338 g/mol. The Morgan fingerprint density at radius 1 is 1.16 bits per heavy atom. The molecule has 0 saturated heterocycles. The van der Waals surface area contributed by atoms with Gasteiger partial charge in [0.25, 0.3) is 0 Å². The van der Waals surface area contributed by atoms with E-state index in [0.29, 0.717) is 10.8 Å². The molecule has 25 heavy (non-hydrogen) atoms. The van der Waals surface area contributed by atoms with E-state index in [4.69, 9.17) is 21.4 Å². The number of halogens is 1. The third-order valence-electron chi connectivity index (χ3n) is 3.64. The Kier molecular flexibility index (Phi) is 5.00. The van der Waals surface area contributed by atoms with Crippen LogP contribution in [0.1, 0.15) is 18.2 Å². The fraction of sp³-hybridized carbons (Fsp3) is 0.100. The molecule has 1 N–H and O–H groups in total. The molecule has 0 aliphatic carbocycles. The van der Waals surface area contributed by atoms with E-state index in [1.54, 1.807) is 12.1 Å². The number of hydrogen-bond acceptors (Lipinski definition) is 3. The summed E-state index contributed by atoms with van der Waals surface area (Å²) in [6.45, 7) is 1.50. The number of hydrogen-bond donors (Lipinski definition) is 1. The van der Waals surface area contributed by atoms with E-state index in [-0.39, 0.29) is 0 Å². The van der Waals surface area contributed by atoms with Gasteiger partial charge < -0.3 is 9.84 Å². The van der Waals surface area contributed by atoms with Crippen LogP contribution in [0.15, 0.2) is 54.6 Å². The van der Waals surface area contributed by atoms with Gasteiger partial charge in [0.1, 0.15) is 5.75 Å². The van der Waals surface area contributed by atoms with Gasteiger partial charge in [-0.3, -0.25) is 0 Å². The molecule has 3 aromatic rings. The first-order valence-corrected chi connectivity index (χ1v) is 8.13. The molecule has 1 atom stereocenters. The molecule has 1 unspecified atom stereocenters. The number of aromatic nitrogens is 1. The second kappa shape index (κ2) is 7.36. The summed E-state index contributed by atoms with van der Waals surface area (Å²) in [4.78, 5) is 15.4. The largest absolute Gasteiger partial charge is 0.479 e. The van der Waals surface area contributed by atoms with E-state index in [1.165, 1.54) is 6.92 Å². The molecule has 0 aliphatic rings. The Bertz CT molecular complexity index is 953. The highest BCUT2D eigenvalue weighted by Gasteiger charge is 2.12. The molecule has 126 valence electrons. The number of carbonyl (C=O) groups is 1. The number of fused-ring (bicyclic) bond motifs is 1. The van der Waals surface area contributed by atoms with Crippen molar-refractivity contribution in [3.8, 4) is 5.75 Å². The van der Waals surface area contributed by atoms with Crippen molar-refractivity contribution in [3.63, 3.8) is 0 Å². The topological polar surface area (TPSA) is 59.4 Å². The molecule has 5 heteroatoms. The van der Waals surface area contributed by atoms with Gasteiger partial charge in [-0.1, -0.05) is 41.9 Å². The standard InChI is InChI=1S/C20H16ClNO3/c1-13(20(23)24)25-18-4-2-3-14(11-18)5-9-17-10-7-15-6-8-16(21)12-19(15)22-17/h2-13H,1H3,(H,23,24). The Balaban J connectivity index is 1.81. The van der Waals surface area contributed by atoms with E-state index >= 15 is 0 Å². The number of carboxylic acid groups (broad SMARTS) is 1. The monoisotopic (exact) mass is 353 g/mol. The van der Waals surface area contributed by atoms with Gasteiger partial charge in [0.05, 0.1) is 11.2 Å². The van der Waals surface area contributed by atoms with Crippen LogP contribution in [-0.2, 0) is 4.79 Å². The van der Waals surface area contributed by atoms with Gasteiger partial charge in [-0.15, -0.1) is 0 Å². The average molecular weight is 354 g/mol. The molecule has 3 rings (SSSR count). The van der Waals surface area contributed by atoms with Crippen LogP contribution in [0.2, 0.25) is 5.02 Å². The van der Waals surface area contributed by atoms with Crippen molar-refractivity contribution in [2.45, 2.75) is 13.0 Å². The quantitative estimate of drug-likeness (QED) is 0.708. The van der Waals surface area contributed by atoms with Crippen molar-refractivity contribution >= 4 is 40.6 Å². The van der Waals surface area contributed by atoms with Crippen LogP contribution >= 0.6 is 11.6 Å². The van der Waals surface area contributed by atoms with Crippen LogP contribution in [0, 0.1) is 0 Å². The van der Waals surface area contributed by atoms with Gasteiger partial charge in [-0.25, -0.2) is 9.78 Å². The van der Waals surface area contributed by atoms with Crippen LogP contribution in [0.4, 0.5) is 0 Å². The Labute approximate surface area is 150 Å². The lowest BCUT2D eigenvalue weighted by atomic mass is 10.1. The summed E-state index contributed by atoms with van der Waals surface area (Å²) in [6, 6.07) is 16.8. The van der Waals surface area contributed by atoms with Gasteiger partial charge >= 0.3 is 5.97 Å². The molecule has 0 amide bonds. The van der Waals surface area contributed by atoms with Crippen molar-refractivity contribution in [2.75, 3.05) is 0 Å². The highest BCUT2D eigenvalue weighted by atomic mass is 35.5. The number of aliphatic carboxylic acids is 1. The Morgan fingerprint density at radius 2 is 1.96 bits per heavy atom. The molecule has 1 aromatic heterocycles. The number of nitrogens with zero attached hydrogens (tertiary/aromatic N) is 1. The molecule has 2 aromatic carbocycles. The fourth-order valence-electron chi connectivity index (χ4n) is 2.33. The molecule has 4 nitrogen and oxygen atoms in total. The molecular formula is C20H16ClNO3. The summed E-state index contributed by atoms with van der Waals surface area (Å²) in [6.07, 6.45) is 2.89. The first-order chi connectivity index (χ1) is 12.0. The summed E-state index contributed by atoms with van der Waals surface area (Å²) < 4.78 is 5.38. The zero-order valence-corrected chi connectivity index (χ0v) is 14.3. The molecule has 0 bridgehead atoms. The van der Waals surface area contributed by atoms with E-state index in [2.05, 4.69) is 4.98 Å². The molecule has 0 radical (unpaired) electrons. The van der Waals surface area contributed by atoms with Crippen LogP contribution in [0.25, 0.3) is 23.1 Å². The highest BCUT2D eigenvalue weighted by Crippen LogP contribution is 2.20. The van der Waals surface area contributed by atoms with Gasteiger partial charge in [-0.05, 0) is 48.9 Å². The summed E-state index contributed by atoms with van der Waals surface area (Å²) in [5, 5.41) is 10.6. The predicted molar refractivity (Wildman–Crippen MR) is 99.8 cm³/mol. The fourth-order valence-corrected chi connectivity index (χ4v) is 2.49. The maximum Gasteiger partial charge on any atom is 0.344 e. The van der Waals surface area contributed by atoms with Gasteiger partial charge in [0, 0.05) is 10.4 Å². The first kappa shape index (κ1) is 17.0. The van der Waals surface area contributed by atoms with Crippen LogP contribution in [0.3, 0.4) is 0 Å². The van der Waals surface area contributed by atoms with Crippen LogP contribution in [-0.4, -0.2) is 22.2 Å². The smallest absolute Gasteiger partial charge is 0.344 e. The Morgan fingerprint density at radius 3 is 2.76 bits per heavy atom. The lowest BCUT2D eigenvalue weighted by molar-refractivity contribution is -0.144. The summed E-state index contributed by atoms with van der Waals surface area (Å²) >= 11 is 6.01. The van der Waals surface area contributed by atoms with Crippen molar-refractivity contribution in [1.82, 2.24) is 4.98 Å². The molecule has 1 heterocycles. The minimum Gasteiger partial charge on any atom is -0.479 e. The molecule has 0 fully saturated rings. The lowest BCUT2D eigenvalue weighted by Crippen LogP contribution is -2.22. The lowest BCUT2D eigenvalue weighted by Gasteiger charge is -2.10. The average Bonchev–Trinajstić information content (AvgIpc) is 2.59.